The zero-order valence-corrected chi connectivity index (χ0v) is 11.6. The minimum absolute atomic E-state index is 0.353. The van der Waals surface area contributed by atoms with Gasteiger partial charge in [-0.15, -0.1) is 0 Å². The highest BCUT2D eigenvalue weighted by Gasteiger charge is 2.51. The van der Waals surface area contributed by atoms with E-state index in [1.807, 2.05) is 52.8 Å². The Bertz CT molecular complexity index is 501. The fourth-order valence-electron chi connectivity index (χ4n) is 1.99. The van der Waals surface area contributed by atoms with Gasteiger partial charge in [0.2, 0.25) is 0 Å². The summed E-state index contributed by atoms with van der Waals surface area (Å²) in [6.45, 7) is 10.1. The number of nitrogens with zero attached hydrogens (tertiary/aromatic N) is 1. The molecule has 0 radical (unpaired) electrons. The van der Waals surface area contributed by atoms with E-state index in [1.165, 1.54) is 0 Å². The van der Waals surface area contributed by atoms with Crippen molar-refractivity contribution in [1.82, 2.24) is 0 Å². The first-order valence-electron chi connectivity index (χ1n) is 6.12. The molecule has 1 aromatic carbocycles. The fraction of sp³-hybridized carbons (Fsp3) is 0.500. The van der Waals surface area contributed by atoms with Gasteiger partial charge in [0.25, 0.3) is 0 Å². The Morgan fingerprint density at radius 3 is 2.11 bits per heavy atom. The van der Waals surface area contributed by atoms with Crippen LogP contribution in [0.15, 0.2) is 18.2 Å². The first-order valence-corrected chi connectivity index (χ1v) is 6.12. The number of aryl methyl sites for hydroxylation is 1. The molecule has 0 spiro atoms. The molecule has 1 aromatic rings. The smallest absolute Gasteiger partial charge is 0.399 e. The van der Waals surface area contributed by atoms with Crippen molar-refractivity contribution in [1.29, 1.82) is 5.26 Å². The number of nitriles is 1. The lowest BCUT2D eigenvalue weighted by atomic mass is 9.77. The van der Waals surface area contributed by atoms with E-state index in [4.69, 9.17) is 14.6 Å². The maximum absolute atomic E-state index is 9.00. The molecule has 0 unspecified atom stereocenters. The molecule has 0 amide bonds. The van der Waals surface area contributed by atoms with E-state index >= 15 is 0 Å². The second kappa shape index (κ2) is 4.12. The van der Waals surface area contributed by atoms with E-state index in [1.54, 1.807) is 0 Å². The van der Waals surface area contributed by atoms with Gasteiger partial charge in [0.05, 0.1) is 22.8 Å². The molecule has 3 nitrogen and oxygen atoms in total. The molecule has 1 fully saturated rings. The summed E-state index contributed by atoms with van der Waals surface area (Å²) in [4.78, 5) is 0. The molecule has 18 heavy (non-hydrogen) atoms. The molecular weight excluding hydrogens is 225 g/mol. The Morgan fingerprint density at radius 1 is 1.06 bits per heavy atom. The van der Waals surface area contributed by atoms with Crippen LogP contribution >= 0.6 is 0 Å². The highest BCUT2D eigenvalue weighted by molar-refractivity contribution is 6.62. The van der Waals surface area contributed by atoms with Crippen molar-refractivity contribution in [3.63, 3.8) is 0 Å². The predicted molar refractivity (Wildman–Crippen MR) is 71.6 cm³/mol. The normalized spacial score (nSPS) is 20.8. The minimum Gasteiger partial charge on any atom is -0.399 e. The largest absolute Gasteiger partial charge is 0.494 e. The number of hydrogen-bond acceptors (Lipinski definition) is 3. The number of rotatable bonds is 1. The summed E-state index contributed by atoms with van der Waals surface area (Å²) in [5.74, 6) is 0. The van der Waals surface area contributed by atoms with Crippen molar-refractivity contribution < 1.29 is 9.31 Å². The zero-order valence-electron chi connectivity index (χ0n) is 11.6. The van der Waals surface area contributed by atoms with Gasteiger partial charge in [-0.3, -0.25) is 0 Å². The lowest BCUT2D eigenvalue weighted by molar-refractivity contribution is 0.00578. The second-order valence-corrected chi connectivity index (χ2v) is 5.83. The maximum Gasteiger partial charge on any atom is 0.494 e. The van der Waals surface area contributed by atoms with Crippen molar-refractivity contribution in [2.45, 2.75) is 45.8 Å². The Hall–Kier alpha value is -1.31. The summed E-state index contributed by atoms with van der Waals surface area (Å²) < 4.78 is 11.9. The molecule has 1 aliphatic heterocycles. The van der Waals surface area contributed by atoms with Crippen molar-refractivity contribution >= 4 is 12.6 Å². The van der Waals surface area contributed by atoms with Crippen LogP contribution in [-0.4, -0.2) is 18.3 Å². The standard InChI is InChI=1S/C14H18BNO2/c1-10-6-11(9-16)8-12(7-10)15-17-13(2,3)14(4,5)18-15/h6-8H,1-5H3. The third kappa shape index (κ3) is 2.16. The highest BCUT2D eigenvalue weighted by Crippen LogP contribution is 2.36. The third-order valence-corrected chi connectivity index (χ3v) is 3.75. The van der Waals surface area contributed by atoms with Crippen molar-refractivity contribution in [3.05, 3.63) is 29.3 Å². The summed E-state index contributed by atoms with van der Waals surface area (Å²) in [6.07, 6.45) is 0. The summed E-state index contributed by atoms with van der Waals surface area (Å²) in [5.41, 5.74) is 1.88. The van der Waals surface area contributed by atoms with E-state index in [9.17, 15) is 0 Å². The van der Waals surface area contributed by atoms with Gasteiger partial charge in [-0.25, -0.2) is 0 Å². The molecule has 4 heteroatoms. The van der Waals surface area contributed by atoms with Gasteiger partial charge in [0, 0.05) is 0 Å². The quantitative estimate of drug-likeness (QED) is 0.710. The Labute approximate surface area is 109 Å². The highest BCUT2D eigenvalue weighted by atomic mass is 16.7. The van der Waals surface area contributed by atoms with Gasteiger partial charge < -0.3 is 9.31 Å². The Morgan fingerprint density at radius 2 is 1.61 bits per heavy atom. The van der Waals surface area contributed by atoms with Crippen LogP contribution in [0, 0.1) is 18.3 Å². The van der Waals surface area contributed by atoms with Crippen LogP contribution in [0.4, 0.5) is 0 Å². The van der Waals surface area contributed by atoms with Crippen LogP contribution in [0.25, 0.3) is 0 Å². The summed E-state index contributed by atoms with van der Waals surface area (Å²) in [5, 5.41) is 9.00. The Balaban J connectivity index is 2.36. The van der Waals surface area contributed by atoms with Gasteiger partial charge in [-0.05, 0) is 52.2 Å². The van der Waals surface area contributed by atoms with Crippen molar-refractivity contribution in [2.24, 2.45) is 0 Å². The molecule has 0 N–H and O–H groups in total. The van der Waals surface area contributed by atoms with Crippen LogP contribution in [-0.2, 0) is 9.31 Å². The fourth-order valence-corrected chi connectivity index (χ4v) is 1.99. The predicted octanol–water partition coefficient (Wildman–Crippen LogP) is 2.17. The number of hydrogen-bond donors (Lipinski definition) is 0. The van der Waals surface area contributed by atoms with E-state index in [0.29, 0.717) is 5.56 Å². The van der Waals surface area contributed by atoms with Gasteiger partial charge in [-0.1, -0.05) is 11.6 Å². The van der Waals surface area contributed by atoms with Gasteiger partial charge >= 0.3 is 7.12 Å². The monoisotopic (exact) mass is 243 g/mol. The van der Waals surface area contributed by atoms with Gasteiger partial charge in [0.1, 0.15) is 0 Å². The van der Waals surface area contributed by atoms with Crippen molar-refractivity contribution in [2.75, 3.05) is 0 Å². The molecule has 2 rings (SSSR count). The summed E-state index contributed by atoms with van der Waals surface area (Å²) in [7, 11) is -0.401. The minimum atomic E-state index is -0.401. The van der Waals surface area contributed by atoms with Crippen molar-refractivity contribution in [3.8, 4) is 6.07 Å². The van der Waals surface area contributed by atoms with Crippen LogP contribution in [0.5, 0.6) is 0 Å². The summed E-state index contributed by atoms with van der Waals surface area (Å²) in [6, 6.07) is 7.85. The molecule has 0 atom stereocenters. The Kier molecular flexibility index (Phi) is 3.00. The van der Waals surface area contributed by atoms with Gasteiger partial charge in [-0.2, -0.15) is 5.26 Å². The van der Waals surface area contributed by atoms with Crippen LogP contribution in [0.2, 0.25) is 0 Å². The average Bonchev–Trinajstić information content (AvgIpc) is 2.47. The number of benzene rings is 1. The third-order valence-electron chi connectivity index (χ3n) is 3.75. The first-order chi connectivity index (χ1) is 8.25. The molecule has 1 saturated heterocycles. The van der Waals surface area contributed by atoms with E-state index in [2.05, 4.69) is 6.07 Å². The second-order valence-electron chi connectivity index (χ2n) is 5.83. The molecule has 0 aliphatic carbocycles. The van der Waals surface area contributed by atoms with Crippen LogP contribution in [0.3, 0.4) is 0 Å². The topological polar surface area (TPSA) is 42.2 Å². The van der Waals surface area contributed by atoms with E-state index in [0.717, 1.165) is 11.0 Å². The SMILES string of the molecule is Cc1cc(C#N)cc(B2OC(C)(C)C(C)(C)O2)c1. The summed E-state index contributed by atoms with van der Waals surface area (Å²) >= 11 is 0. The van der Waals surface area contributed by atoms with Crippen LogP contribution < -0.4 is 5.46 Å². The lowest BCUT2D eigenvalue weighted by Crippen LogP contribution is -2.41. The molecule has 0 saturated carbocycles. The molecular formula is C14H18BNO2. The molecule has 0 bridgehead atoms. The van der Waals surface area contributed by atoms with E-state index in [-0.39, 0.29) is 11.2 Å². The average molecular weight is 243 g/mol. The molecule has 94 valence electrons. The molecule has 1 heterocycles. The first kappa shape index (κ1) is 13.1. The van der Waals surface area contributed by atoms with E-state index < -0.39 is 7.12 Å². The van der Waals surface area contributed by atoms with Crippen LogP contribution in [0.1, 0.15) is 38.8 Å². The maximum atomic E-state index is 9.00. The lowest BCUT2D eigenvalue weighted by Gasteiger charge is -2.32. The van der Waals surface area contributed by atoms with Gasteiger partial charge in [0.15, 0.2) is 0 Å². The molecule has 1 aliphatic rings. The zero-order chi connectivity index (χ0) is 13.6. The molecule has 0 aromatic heterocycles.